The number of hydrogen-bond donors (Lipinski definition) is 2. The van der Waals surface area contributed by atoms with Gasteiger partial charge in [0, 0.05) is 27.8 Å². The summed E-state index contributed by atoms with van der Waals surface area (Å²) >= 11 is 1.75. The Hall–Kier alpha value is -3.63. The summed E-state index contributed by atoms with van der Waals surface area (Å²) in [6.07, 6.45) is 10.4. The van der Waals surface area contributed by atoms with Gasteiger partial charge in [-0.25, -0.2) is 13.1 Å². The number of allylic oxidation sites excluding steroid dienone is 2. The number of anilines is 1. The first-order chi connectivity index (χ1) is 19.8. The van der Waals surface area contributed by atoms with Crippen LogP contribution in [0.15, 0.2) is 88.7 Å². The Morgan fingerprint density at radius 3 is 2.39 bits per heavy atom. The Kier molecular flexibility index (Phi) is 9.09. The third-order valence-electron chi connectivity index (χ3n) is 7.59. The van der Waals surface area contributed by atoms with Crippen molar-refractivity contribution in [2.75, 3.05) is 5.32 Å². The molecule has 8 nitrogen and oxygen atoms in total. The molecular weight excluding hydrogens is 558 g/mol. The molecule has 2 N–H and O–H groups in total. The SMILES string of the molecule is O=C(NS(=O)(=O)c1ccc(NC2CCCCC2Sc2ccccc2)c([N+](=O)[O-])c1)c1ccc(C2=CCCCC2)cc1. The van der Waals surface area contributed by atoms with Crippen LogP contribution in [-0.4, -0.2) is 30.5 Å². The molecule has 3 aromatic rings. The average Bonchev–Trinajstić information content (AvgIpc) is 2.99. The molecule has 2 aliphatic carbocycles. The van der Waals surface area contributed by atoms with Crippen molar-refractivity contribution in [2.24, 2.45) is 0 Å². The molecular formula is C31H33N3O5S2. The second-order valence-corrected chi connectivity index (χ2v) is 13.4. The van der Waals surface area contributed by atoms with E-state index in [1.165, 1.54) is 24.1 Å². The minimum absolute atomic E-state index is 0.0119. The number of amides is 1. The molecule has 214 valence electrons. The van der Waals surface area contributed by atoms with E-state index in [-0.39, 0.29) is 33.1 Å². The molecule has 2 unspecified atom stereocenters. The van der Waals surface area contributed by atoms with E-state index in [0.29, 0.717) is 0 Å². The molecule has 2 aliphatic rings. The van der Waals surface area contributed by atoms with Crippen molar-refractivity contribution < 1.29 is 18.1 Å². The van der Waals surface area contributed by atoms with Gasteiger partial charge in [-0.2, -0.15) is 0 Å². The normalized spacial score (nSPS) is 19.2. The number of nitrogens with zero attached hydrogens (tertiary/aromatic N) is 1. The maximum atomic E-state index is 13.1. The topological polar surface area (TPSA) is 118 Å². The fraction of sp³-hybridized carbons (Fsp3) is 0.323. The van der Waals surface area contributed by atoms with E-state index in [1.807, 2.05) is 30.3 Å². The van der Waals surface area contributed by atoms with Gasteiger partial charge in [0.15, 0.2) is 0 Å². The lowest BCUT2D eigenvalue weighted by molar-refractivity contribution is -0.384. The summed E-state index contributed by atoms with van der Waals surface area (Å²) in [6.45, 7) is 0. The van der Waals surface area contributed by atoms with Crippen molar-refractivity contribution in [1.29, 1.82) is 0 Å². The molecule has 0 saturated heterocycles. The van der Waals surface area contributed by atoms with Gasteiger partial charge in [-0.3, -0.25) is 14.9 Å². The lowest BCUT2D eigenvalue weighted by atomic mass is 9.93. The van der Waals surface area contributed by atoms with E-state index in [9.17, 15) is 23.3 Å². The van der Waals surface area contributed by atoms with Crippen LogP contribution >= 0.6 is 11.8 Å². The van der Waals surface area contributed by atoms with Crippen LogP contribution in [0.3, 0.4) is 0 Å². The zero-order valence-corrected chi connectivity index (χ0v) is 24.3. The first kappa shape index (κ1) is 28.9. The molecule has 10 heteroatoms. The second kappa shape index (κ2) is 12.9. The molecule has 1 fully saturated rings. The van der Waals surface area contributed by atoms with E-state index in [1.54, 1.807) is 23.9 Å². The number of thioether (sulfide) groups is 1. The van der Waals surface area contributed by atoms with Gasteiger partial charge in [0.25, 0.3) is 21.6 Å². The molecule has 0 bridgehead atoms. The Morgan fingerprint density at radius 2 is 1.68 bits per heavy atom. The van der Waals surface area contributed by atoms with Gasteiger partial charge in [-0.1, -0.05) is 49.2 Å². The summed E-state index contributed by atoms with van der Waals surface area (Å²) in [5, 5.41) is 15.5. The van der Waals surface area contributed by atoms with Gasteiger partial charge in [-0.15, -0.1) is 11.8 Å². The third kappa shape index (κ3) is 7.18. The zero-order chi connectivity index (χ0) is 28.8. The van der Waals surface area contributed by atoms with Crippen LogP contribution in [0, 0.1) is 10.1 Å². The molecule has 41 heavy (non-hydrogen) atoms. The average molecular weight is 592 g/mol. The number of sulfonamides is 1. The monoisotopic (exact) mass is 591 g/mol. The largest absolute Gasteiger partial charge is 0.376 e. The zero-order valence-electron chi connectivity index (χ0n) is 22.6. The number of nitro benzene ring substituents is 1. The molecule has 1 amide bonds. The number of carbonyl (C=O) groups is 1. The summed E-state index contributed by atoms with van der Waals surface area (Å²) in [5.74, 6) is -0.790. The Bertz CT molecular complexity index is 1540. The first-order valence-electron chi connectivity index (χ1n) is 13.9. The maximum absolute atomic E-state index is 13.1. The van der Waals surface area contributed by atoms with Crippen LogP contribution in [0.5, 0.6) is 0 Å². The van der Waals surface area contributed by atoms with Crippen LogP contribution < -0.4 is 10.0 Å². The number of rotatable bonds is 9. The van der Waals surface area contributed by atoms with Gasteiger partial charge in [0.05, 0.1) is 9.82 Å². The van der Waals surface area contributed by atoms with E-state index in [0.717, 1.165) is 61.5 Å². The molecule has 2 atom stereocenters. The fourth-order valence-electron chi connectivity index (χ4n) is 5.40. The quantitative estimate of drug-likeness (QED) is 0.200. The van der Waals surface area contributed by atoms with Gasteiger partial charge in [0.2, 0.25) is 0 Å². The van der Waals surface area contributed by atoms with Crippen LogP contribution in [-0.2, 0) is 10.0 Å². The number of benzene rings is 3. The molecule has 0 aliphatic heterocycles. The van der Waals surface area contributed by atoms with Crippen LogP contribution in [0.4, 0.5) is 11.4 Å². The minimum Gasteiger partial charge on any atom is -0.376 e. The summed E-state index contributed by atoms with van der Waals surface area (Å²) in [7, 11) is -4.34. The number of nitrogens with one attached hydrogen (secondary N) is 2. The predicted octanol–water partition coefficient (Wildman–Crippen LogP) is 7.19. The van der Waals surface area contributed by atoms with Crippen molar-refractivity contribution in [1.82, 2.24) is 4.72 Å². The molecule has 0 heterocycles. The fourth-order valence-corrected chi connectivity index (χ4v) is 7.71. The lowest BCUT2D eigenvalue weighted by Gasteiger charge is -2.32. The van der Waals surface area contributed by atoms with Crippen LogP contribution in [0.2, 0.25) is 0 Å². The maximum Gasteiger partial charge on any atom is 0.293 e. The van der Waals surface area contributed by atoms with Crippen molar-refractivity contribution in [2.45, 2.75) is 72.4 Å². The number of hydrogen-bond acceptors (Lipinski definition) is 7. The third-order valence-corrected chi connectivity index (χ3v) is 10.3. The molecule has 0 radical (unpaired) electrons. The molecule has 0 aromatic heterocycles. The van der Waals surface area contributed by atoms with Crippen LogP contribution in [0.1, 0.15) is 67.3 Å². The standard InChI is InChI=1S/C31H33N3O5S2/c35-31(24-17-15-23(16-18-24)22-9-3-1-4-10-22)33-41(38,39)26-19-20-27(29(21-26)34(36)37)32-28-13-7-8-14-30(28)40-25-11-5-2-6-12-25/h2,5-6,9,11-12,15-21,28,30,32H,1,3-4,7-8,10,13-14H2,(H,33,35). The van der Waals surface area contributed by atoms with E-state index in [4.69, 9.17) is 0 Å². The van der Waals surface area contributed by atoms with Crippen molar-refractivity contribution in [3.63, 3.8) is 0 Å². The van der Waals surface area contributed by atoms with Gasteiger partial charge in [0.1, 0.15) is 5.69 Å². The summed E-state index contributed by atoms with van der Waals surface area (Å²) in [6, 6.07) is 20.6. The number of nitro groups is 1. The highest BCUT2D eigenvalue weighted by molar-refractivity contribution is 8.00. The van der Waals surface area contributed by atoms with Crippen molar-refractivity contribution in [3.8, 4) is 0 Å². The lowest BCUT2D eigenvalue weighted by Crippen LogP contribution is -2.34. The highest BCUT2D eigenvalue weighted by Gasteiger charge is 2.29. The Morgan fingerprint density at radius 1 is 0.927 bits per heavy atom. The Labute approximate surface area is 244 Å². The number of carbonyl (C=O) groups excluding carboxylic acids is 1. The van der Waals surface area contributed by atoms with Crippen molar-refractivity contribution in [3.05, 3.63) is 100 Å². The molecule has 0 spiro atoms. The Balaban J connectivity index is 1.30. The van der Waals surface area contributed by atoms with E-state index in [2.05, 4.69) is 28.2 Å². The van der Waals surface area contributed by atoms with E-state index >= 15 is 0 Å². The predicted molar refractivity (Wildman–Crippen MR) is 163 cm³/mol. The van der Waals surface area contributed by atoms with E-state index < -0.39 is 20.9 Å². The summed E-state index contributed by atoms with van der Waals surface area (Å²) in [5.41, 5.74) is 2.36. The minimum atomic E-state index is -4.34. The summed E-state index contributed by atoms with van der Waals surface area (Å²) < 4.78 is 28.2. The highest BCUT2D eigenvalue weighted by atomic mass is 32.2. The summed E-state index contributed by atoms with van der Waals surface area (Å²) in [4.78, 5) is 25.0. The van der Waals surface area contributed by atoms with Crippen molar-refractivity contribution >= 4 is 44.6 Å². The first-order valence-corrected chi connectivity index (χ1v) is 16.3. The molecule has 3 aromatic carbocycles. The van der Waals surface area contributed by atoms with Gasteiger partial charge in [-0.05, 0) is 86.1 Å². The van der Waals surface area contributed by atoms with Crippen LogP contribution in [0.25, 0.3) is 5.57 Å². The van der Waals surface area contributed by atoms with Gasteiger partial charge < -0.3 is 5.32 Å². The molecule has 5 rings (SSSR count). The van der Waals surface area contributed by atoms with Gasteiger partial charge >= 0.3 is 0 Å². The molecule has 1 saturated carbocycles. The smallest absolute Gasteiger partial charge is 0.293 e. The second-order valence-electron chi connectivity index (χ2n) is 10.4. The highest BCUT2D eigenvalue weighted by Crippen LogP contribution is 2.37.